The molecule has 25 heavy (non-hydrogen) atoms. The summed E-state index contributed by atoms with van der Waals surface area (Å²) in [5, 5.41) is 17.6. The first kappa shape index (κ1) is 15.8. The number of nitrogens with one attached hydrogen (secondary N) is 3. The van der Waals surface area contributed by atoms with Crippen LogP contribution in [0.5, 0.6) is 0 Å². The number of carbonyl (C=O) groups is 2. The summed E-state index contributed by atoms with van der Waals surface area (Å²) in [4.78, 5) is 26.0. The quantitative estimate of drug-likeness (QED) is 0.644. The minimum atomic E-state index is -0.241. The van der Waals surface area contributed by atoms with E-state index in [1.165, 1.54) is 24.0 Å². The van der Waals surface area contributed by atoms with Crippen LogP contribution < -0.4 is 10.6 Å². The van der Waals surface area contributed by atoms with Crippen LogP contribution in [0.4, 0.5) is 0 Å². The van der Waals surface area contributed by atoms with E-state index in [1.807, 2.05) is 13.1 Å². The number of hydrogen-bond acceptors (Lipinski definition) is 5. The number of hydrogen-bond donors (Lipinski definition) is 3. The smallest absolute Gasteiger partial charge is 0.269 e. The molecule has 1 aliphatic carbocycles. The maximum atomic E-state index is 12.3. The van der Waals surface area contributed by atoms with Crippen molar-refractivity contribution in [2.45, 2.75) is 31.8 Å². The number of aromatic amines is 1. The topological polar surface area (TPSA) is 105 Å². The predicted octanol–water partition coefficient (Wildman–Crippen LogP) is 1.57. The number of H-pyrrole nitrogens is 1. The highest BCUT2D eigenvalue weighted by Crippen LogP contribution is 2.29. The molecule has 1 saturated carbocycles. The fourth-order valence-corrected chi connectivity index (χ4v) is 3.80. The molecule has 0 aliphatic heterocycles. The zero-order valence-electron chi connectivity index (χ0n) is 13.7. The molecular weight excluding hydrogens is 340 g/mol. The summed E-state index contributed by atoms with van der Waals surface area (Å²) in [7, 11) is 1.84. The van der Waals surface area contributed by atoms with Crippen molar-refractivity contribution in [3.63, 3.8) is 0 Å². The van der Waals surface area contributed by atoms with Gasteiger partial charge in [-0.25, -0.2) is 0 Å². The van der Waals surface area contributed by atoms with Crippen molar-refractivity contribution in [2.75, 3.05) is 0 Å². The lowest BCUT2D eigenvalue weighted by atomic mass is 9.93. The molecule has 0 saturated heterocycles. The maximum Gasteiger partial charge on any atom is 0.269 e. The van der Waals surface area contributed by atoms with E-state index in [0.29, 0.717) is 16.6 Å². The highest BCUT2D eigenvalue weighted by atomic mass is 32.1. The van der Waals surface area contributed by atoms with Gasteiger partial charge in [-0.05, 0) is 31.4 Å². The first-order valence-corrected chi connectivity index (χ1v) is 8.97. The molecule has 3 aromatic heterocycles. The van der Waals surface area contributed by atoms with Crippen LogP contribution in [-0.2, 0) is 13.6 Å². The van der Waals surface area contributed by atoms with E-state index in [-0.39, 0.29) is 18.4 Å². The van der Waals surface area contributed by atoms with Crippen molar-refractivity contribution < 1.29 is 9.59 Å². The van der Waals surface area contributed by atoms with Gasteiger partial charge < -0.3 is 10.6 Å². The van der Waals surface area contributed by atoms with E-state index in [1.54, 1.807) is 10.7 Å². The molecule has 0 spiro atoms. The highest BCUT2D eigenvalue weighted by Gasteiger charge is 2.22. The molecule has 0 unspecified atom stereocenters. The Kier molecular flexibility index (Phi) is 4.00. The maximum absolute atomic E-state index is 12.3. The Morgan fingerprint density at radius 3 is 2.92 bits per heavy atom. The zero-order valence-corrected chi connectivity index (χ0v) is 14.5. The van der Waals surface area contributed by atoms with Crippen LogP contribution in [0.1, 0.15) is 45.1 Å². The minimum absolute atomic E-state index is 0.0293. The molecule has 3 heterocycles. The molecule has 0 aromatic carbocycles. The zero-order chi connectivity index (χ0) is 17.4. The van der Waals surface area contributed by atoms with Gasteiger partial charge >= 0.3 is 0 Å². The Labute approximate surface area is 147 Å². The summed E-state index contributed by atoms with van der Waals surface area (Å²) in [5.41, 5.74) is 1.14. The first-order valence-electron chi connectivity index (χ1n) is 8.15. The van der Waals surface area contributed by atoms with Gasteiger partial charge in [-0.1, -0.05) is 0 Å². The summed E-state index contributed by atoms with van der Waals surface area (Å²) in [6.45, 7) is 0.287. The molecule has 1 fully saturated rings. The van der Waals surface area contributed by atoms with Gasteiger partial charge in [0.15, 0.2) is 0 Å². The van der Waals surface area contributed by atoms with E-state index in [0.717, 1.165) is 28.8 Å². The predicted molar refractivity (Wildman–Crippen MR) is 93.5 cm³/mol. The van der Waals surface area contributed by atoms with Crippen LogP contribution in [0.2, 0.25) is 0 Å². The summed E-state index contributed by atoms with van der Waals surface area (Å²) in [6.07, 6.45) is 4.83. The standard InChI is InChI=1S/C16H18N6O2S/c1-22-16-10(7-13(25-16)15(24)19-9-3-2-4-9)12(21-22)8-17-14(23)11-5-6-18-20-11/h5-7,9H,2-4,8H2,1H3,(H,17,23)(H,18,20)(H,19,24). The average Bonchev–Trinajstić information content (AvgIpc) is 3.27. The van der Waals surface area contributed by atoms with Gasteiger partial charge in [-0.2, -0.15) is 10.2 Å². The summed E-state index contributed by atoms with van der Waals surface area (Å²) in [5.74, 6) is -0.271. The number of thiophene rings is 1. The fraction of sp³-hybridized carbons (Fsp3) is 0.375. The van der Waals surface area contributed by atoms with Crippen molar-refractivity contribution in [2.24, 2.45) is 7.05 Å². The number of aromatic nitrogens is 4. The van der Waals surface area contributed by atoms with Gasteiger partial charge in [0.05, 0.1) is 17.1 Å². The van der Waals surface area contributed by atoms with E-state index < -0.39 is 0 Å². The molecule has 4 rings (SSSR count). The molecule has 9 heteroatoms. The average molecular weight is 358 g/mol. The van der Waals surface area contributed by atoms with Crippen LogP contribution in [0, 0.1) is 0 Å². The number of rotatable bonds is 5. The molecule has 8 nitrogen and oxygen atoms in total. The van der Waals surface area contributed by atoms with Gasteiger partial charge in [0.2, 0.25) is 0 Å². The molecule has 0 atom stereocenters. The van der Waals surface area contributed by atoms with Crippen molar-refractivity contribution in [3.8, 4) is 0 Å². The second-order valence-corrected chi connectivity index (χ2v) is 7.18. The molecule has 1 aliphatic rings. The Morgan fingerprint density at radius 1 is 1.40 bits per heavy atom. The number of carbonyl (C=O) groups excluding carboxylic acids is 2. The Bertz CT molecular complexity index is 922. The lowest BCUT2D eigenvalue weighted by Gasteiger charge is -2.25. The Balaban J connectivity index is 1.51. The number of amides is 2. The van der Waals surface area contributed by atoms with E-state index in [2.05, 4.69) is 25.9 Å². The van der Waals surface area contributed by atoms with Gasteiger partial charge in [0.1, 0.15) is 10.5 Å². The SMILES string of the molecule is Cn1nc(CNC(=O)c2ccn[nH]2)c2cc(C(=O)NC3CCC3)sc21. The van der Waals surface area contributed by atoms with Gasteiger partial charge in [-0.3, -0.25) is 19.4 Å². The van der Waals surface area contributed by atoms with E-state index >= 15 is 0 Å². The molecular formula is C16H18N6O2S. The van der Waals surface area contributed by atoms with Gasteiger partial charge in [0, 0.05) is 24.7 Å². The van der Waals surface area contributed by atoms with Crippen molar-refractivity contribution >= 4 is 33.4 Å². The van der Waals surface area contributed by atoms with Gasteiger partial charge in [0.25, 0.3) is 11.8 Å². The van der Waals surface area contributed by atoms with Crippen LogP contribution in [0.15, 0.2) is 18.3 Å². The van der Waals surface area contributed by atoms with Crippen LogP contribution >= 0.6 is 11.3 Å². The van der Waals surface area contributed by atoms with Crippen LogP contribution in [0.25, 0.3) is 10.2 Å². The summed E-state index contributed by atoms with van der Waals surface area (Å²) in [6, 6.07) is 3.78. The lowest BCUT2D eigenvalue weighted by Crippen LogP contribution is -2.39. The second kappa shape index (κ2) is 6.32. The summed E-state index contributed by atoms with van der Waals surface area (Å²) < 4.78 is 1.75. The van der Waals surface area contributed by atoms with E-state index in [9.17, 15) is 9.59 Å². The molecule has 0 radical (unpaired) electrons. The van der Waals surface area contributed by atoms with Crippen molar-refractivity contribution in [3.05, 3.63) is 34.6 Å². The van der Waals surface area contributed by atoms with Crippen LogP contribution in [0.3, 0.4) is 0 Å². The third-order valence-electron chi connectivity index (χ3n) is 4.41. The highest BCUT2D eigenvalue weighted by molar-refractivity contribution is 7.20. The van der Waals surface area contributed by atoms with Gasteiger partial charge in [-0.15, -0.1) is 11.3 Å². The molecule has 0 bridgehead atoms. The number of aryl methyl sites for hydroxylation is 1. The number of fused-ring (bicyclic) bond motifs is 1. The largest absolute Gasteiger partial charge is 0.349 e. The third-order valence-corrected chi connectivity index (χ3v) is 5.61. The van der Waals surface area contributed by atoms with Crippen molar-refractivity contribution in [1.82, 2.24) is 30.6 Å². The minimum Gasteiger partial charge on any atom is -0.349 e. The van der Waals surface area contributed by atoms with E-state index in [4.69, 9.17) is 0 Å². The first-order chi connectivity index (χ1) is 12.1. The fourth-order valence-electron chi connectivity index (χ4n) is 2.80. The lowest BCUT2D eigenvalue weighted by molar-refractivity contribution is 0.0918. The normalized spacial score (nSPS) is 14.4. The molecule has 130 valence electrons. The Hall–Kier alpha value is -2.68. The van der Waals surface area contributed by atoms with Crippen LogP contribution in [-0.4, -0.2) is 37.8 Å². The van der Waals surface area contributed by atoms with Crippen molar-refractivity contribution in [1.29, 1.82) is 0 Å². The molecule has 3 N–H and O–H groups in total. The second-order valence-electron chi connectivity index (χ2n) is 6.15. The molecule has 3 aromatic rings. The molecule has 2 amide bonds. The third kappa shape index (κ3) is 3.02. The summed E-state index contributed by atoms with van der Waals surface area (Å²) >= 11 is 1.42. The monoisotopic (exact) mass is 358 g/mol. The number of nitrogens with zero attached hydrogens (tertiary/aromatic N) is 3. The Morgan fingerprint density at radius 2 is 2.24 bits per heavy atom.